The second-order valence-corrected chi connectivity index (χ2v) is 6.70. The van der Waals surface area contributed by atoms with Crippen molar-refractivity contribution in [3.63, 3.8) is 0 Å². The van der Waals surface area contributed by atoms with Gasteiger partial charge in [-0.3, -0.25) is 4.79 Å². The average molecular weight is 384 g/mol. The molecule has 140 valence electrons. The van der Waals surface area contributed by atoms with Crippen molar-refractivity contribution in [2.75, 3.05) is 20.3 Å². The van der Waals surface area contributed by atoms with Gasteiger partial charge in [0.1, 0.15) is 5.75 Å². The molecule has 0 aliphatic carbocycles. The SMILES string of the molecule is COc1ccccc1OCCCOc1cccc(/C=C2/SC(N)=NC2=O)c1. The highest BCUT2D eigenvalue weighted by atomic mass is 32.2. The molecule has 0 saturated carbocycles. The largest absolute Gasteiger partial charge is 0.493 e. The summed E-state index contributed by atoms with van der Waals surface area (Å²) in [4.78, 5) is 15.9. The van der Waals surface area contributed by atoms with Gasteiger partial charge in [0.05, 0.1) is 25.2 Å². The summed E-state index contributed by atoms with van der Waals surface area (Å²) in [5.41, 5.74) is 6.42. The molecule has 3 rings (SSSR count). The fourth-order valence-electron chi connectivity index (χ4n) is 2.44. The maximum absolute atomic E-state index is 11.7. The van der Waals surface area contributed by atoms with E-state index in [4.69, 9.17) is 19.9 Å². The van der Waals surface area contributed by atoms with Crippen LogP contribution in [-0.4, -0.2) is 31.4 Å². The number of nitrogens with zero attached hydrogens (tertiary/aromatic N) is 1. The van der Waals surface area contributed by atoms with Crippen LogP contribution < -0.4 is 19.9 Å². The number of para-hydroxylation sites is 2. The Morgan fingerprint density at radius 2 is 1.85 bits per heavy atom. The van der Waals surface area contributed by atoms with Crippen molar-refractivity contribution in [3.05, 3.63) is 59.0 Å². The Morgan fingerprint density at radius 3 is 2.59 bits per heavy atom. The van der Waals surface area contributed by atoms with Gasteiger partial charge >= 0.3 is 0 Å². The Bertz CT molecular complexity index is 880. The summed E-state index contributed by atoms with van der Waals surface area (Å²) in [7, 11) is 1.62. The minimum atomic E-state index is -0.308. The first-order chi connectivity index (χ1) is 13.2. The zero-order valence-corrected chi connectivity index (χ0v) is 15.7. The number of hydrogen-bond acceptors (Lipinski definition) is 6. The number of amidine groups is 1. The van der Waals surface area contributed by atoms with Gasteiger partial charge in [-0.05, 0) is 47.7 Å². The summed E-state index contributed by atoms with van der Waals surface area (Å²) in [6.45, 7) is 1.03. The van der Waals surface area contributed by atoms with Crippen molar-refractivity contribution in [1.29, 1.82) is 0 Å². The average Bonchev–Trinajstić information content (AvgIpc) is 2.99. The van der Waals surface area contributed by atoms with Crippen molar-refractivity contribution in [1.82, 2.24) is 0 Å². The molecule has 0 fully saturated rings. The predicted octanol–water partition coefficient (Wildman–Crippen LogP) is 3.47. The number of ether oxygens (including phenoxy) is 3. The number of carbonyl (C=O) groups excluding carboxylic acids is 1. The van der Waals surface area contributed by atoms with Crippen LogP contribution in [0.4, 0.5) is 0 Å². The molecule has 0 aromatic heterocycles. The van der Waals surface area contributed by atoms with Crippen molar-refractivity contribution in [2.24, 2.45) is 10.7 Å². The smallest absolute Gasteiger partial charge is 0.286 e. The lowest BCUT2D eigenvalue weighted by molar-refractivity contribution is -0.113. The molecule has 0 radical (unpaired) electrons. The number of benzene rings is 2. The first kappa shape index (κ1) is 18.8. The van der Waals surface area contributed by atoms with E-state index in [1.54, 1.807) is 13.2 Å². The maximum atomic E-state index is 11.7. The van der Waals surface area contributed by atoms with E-state index >= 15 is 0 Å². The lowest BCUT2D eigenvalue weighted by atomic mass is 10.2. The maximum Gasteiger partial charge on any atom is 0.286 e. The van der Waals surface area contributed by atoms with E-state index in [-0.39, 0.29) is 11.1 Å². The summed E-state index contributed by atoms with van der Waals surface area (Å²) in [6.07, 6.45) is 2.48. The molecule has 1 aliphatic rings. The van der Waals surface area contributed by atoms with Crippen LogP contribution in [0, 0.1) is 0 Å². The molecule has 1 heterocycles. The molecule has 1 aliphatic heterocycles. The zero-order chi connectivity index (χ0) is 19.1. The number of rotatable bonds is 8. The van der Waals surface area contributed by atoms with Gasteiger partial charge in [-0.15, -0.1) is 0 Å². The molecule has 6 nitrogen and oxygen atoms in total. The second kappa shape index (κ2) is 9.14. The Morgan fingerprint density at radius 1 is 1.07 bits per heavy atom. The van der Waals surface area contributed by atoms with Gasteiger partial charge in [0, 0.05) is 6.42 Å². The molecular formula is C20H20N2O4S. The Hall–Kier alpha value is -2.93. The Kier molecular flexibility index (Phi) is 6.38. The van der Waals surface area contributed by atoms with Crippen LogP contribution in [0.3, 0.4) is 0 Å². The van der Waals surface area contributed by atoms with Crippen LogP contribution in [0.25, 0.3) is 6.08 Å². The summed E-state index contributed by atoms with van der Waals surface area (Å²) in [6, 6.07) is 15.0. The first-order valence-electron chi connectivity index (χ1n) is 8.42. The van der Waals surface area contributed by atoms with Crippen LogP contribution >= 0.6 is 11.8 Å². The number of nitrogens with two attached hydrogens (primary N) is 1. The van der Waals surface area contributed by atoms with Crippen LogP contribution in [0.15, 0.2) is 58.4 Å². The molecule has 2 aromatic carbocycles. The van der Waals surface area contributed by atoms with E-state index in [1.807, 2.05) is 48.5 Å². The summed E-state index contributed by atoms with van der Waals surface area (Å²) >= 11 is 1.17. The van der Waals surface area contributed by atoms with E-state index < -0.39 is 0 Å². The Balaban J connectivity index is 1.48. The van der Waals surface area contributed by atoms with Gasteiger partial charge in [0.25, 0.3) is 5.91 Å². The van der Waals surface area contributed by atoms with Gasteiger partial charge in [-0.2, -0.15) is 4.99 Å². The molecule has 2 N–H and O–H groups in total. The fourth-order valence-corrected chi connectivity index (χ4v) is 3.12. The highest BCUT2D eigenvalue weighted by Crippen LogP contribution is 2.27. The second-order valence-electron chi connectivity index (χ2n) is 5.64. The fraction of sp³-hybridized carbons (Fsp3) is 0.200. The van der Waals surface area contributed by atoms with Crippen LogP contribution in [-0.2, 0) is 4.79 Å². The van der Waals surface area contributed by atoms with E-state index in [2.05, 4.69) is 4.99 Å². The third kappa shape index (κ3) is 5.27. The number of hydrogen-bond donors (Lipinski definition) is 1. The lowest BCUT2D eigenvalue weighted by Crippen LogP contribution is -2.05. The lowest BCUT2D eigenvalue weighted by Gasteiger charge is -2.11. The standard InChI is InChI=1S/C20H20N2O4S/c1-24-16-8-2-3-9-17(16)26-11-5-10-25-15-7-4-6-14(12-15)13-18-19(23)22-20(21)27-18/h2-4,6-9,12-13H,5,10-11H2,1H3,(H2,21,22,23)/b18-13+. The molecule has 27 heavy (non-hydrogen) atoms. The summed E-state index contributed by atoms with van der Waals surface area (Å²) in [5.74, 6) is 1.85. The number of methoxy groups -OCH3 is 1. The van der Waals surface area contributed by atoms with E-state index in [9.17, 15) is 4.79 Å². The van der Waals surface area contributed by atoms with E-state index in [0.29, 0.717) is 29.6 Å². The van der Waals surface area contributed by atoms with Crippen LogP contribution in [0.1, 0.15) is 12.0 Å². The third-order valence-electron chi connectivity index (χ3n) is 3.68. The summed E-state index contributed by atoms with van der Waals surface area (Å²) < 4.78 is 16.7. The molecule has 7 heteroatoms. The van der Waals surface area contributed by atoms with Crippen molar-refractivity contribution in [3.8, 4) is 17.2 Å². The van der Waals surface area contributed by atoms with Crippen molar-refractivity contribution >= 4 is 28.9 Å². The van der Waals surface area contributed by atoms with Gasteiger partial charge in [-0.1, -0.05) is 24.3 Å². The van der Waals surface area contributed by atoms with Crippen molar-refractivity contribution in [2.45, 2.75) is 6.42 Å². The molecule has 0 spiro atoms. The quantitative estimate of drug-likeness (QED) is 0.554. The van der Waals surface area contributed by atoms with Gasteiger partial charge in [0.15, 0.2) is 16.7 Å². The van der Waals surface area contributed by atoms with E-state index in [0.717, 1.165) is 17.7 Å². The third-order valence-corrected chi connectivity index (χ3v) is 4.49. The Labute approximate surface area is 162 Å². The first-order valence-corrected chi connectivity index (χ1v) is 9.24. The minimum absolute atomic E-state index is 0.272. The molecule has 0 bridgehead atoms. The van der Waals surface area contributed by atoms with Gasteiger partial charge in [0.2, 0.25) is 0 Å². The summed E-state index contributed by atoms with van der Waals surface area (Å²) in [5, 5.41) is 0.272. The number of aliphatic imine (C=N–C) groups is 1. The molecule has 1 amide bonds. The zero-order valence-electron chi connectivity index (χ0n) is 14.9. The van der Waals surface area contributed by atoms with Crippen LogP contribution in [0.2, 0.25) is 0 Å². The number of thioether (sulfide) groups is 1. The number of amides is 1. The monoisotopic (exact) mass is 384 g/mol. The minimum Gasteiger partial charge on any atom is -0.493 e. The van der Waals surface area contributed by atoms with Gasteiger partial charge in [-0.25, -0.2) is 0 Å². The molecule has 0 unspecified atom stereocenters. The van der Waals surface area contributed by atoms with Crippen molar-refractivity contribution < 1.29 is 19.0 Å². The molecular weight excluding hydrogens is 364 g/mol. The predicted molar refractivity (Wildman–Crippen MR) is 107 cm³/mol. The molecule has 2 aromatic rings. The highest BCUT2D eigenvalue weighted by Gasteiger charge is 2.19. The number of carbonyl (C=O) groups is 1. The van der Waals surface area contributed by atoms with Gasteiger partial charge < -0.3 is 19.9 Å². The normalized spacial score (nSPS) is 14.9. The molecule has 0 atom stereocenters. The molecule has 0 saturated heterocycles. The highest BCUT2D eigenvalue weighted by molar-refractivity contribution is 8.18. The topological polar surface area (TPSA) is 83.1 Å². The van der Waals surface area contributed by atoms with E-state index in [1.165, 1.54) is 11.8 Å². The van der Waals surface area contributed by atoms with Crippen LogP contribution in [0.5, 0.6) is 17.2 Å².